The number of amidine groups is 1. The summed E-state index contributed by atoms with van der Waals surface area (Å²) in [6.45, 7) is 4.53. The van der Waals surface area contributed by atoms with Crippen LogP contribution in [0.4, 0.5) is 0 Å². The van der Waals surface area contributed by atoms with Gasteiger partial charge in [0.1, 0.15) is 0 Å². The molecular weight excluding hydrogens is 204 g/mol. The van der Waals surface area contributed by atoms with Crippen LogP contribution in [0.2, 0.25) is 0 Å². The SMILES string of the molecule is C=CCSC1=NCC(c2ccccc2)N1. The van der Waals surface area contributed by atoms with Crippen molar-refractivity contribution in [2.75, 3.05) is 12.3 Å². The van der Waals surface area contributed by atoms with Crippen LogP contribution in [0.5, 0.6) is 0 Å². The van der Waals surface area contributed by atoms with E-state index >= 15 is 0 Å². The lowest BCUT2D eigenvalue weighted by molar-refractivity contribution is 0.712. The Hall–Kier alpha value is -1.22. The van der Waals surface area contributed by atoms with E-state index in [4.69, 9.17) is 0 Å². The summed E-state index contributed by atoms with van der Waals surface area (Å²) in [5.41, 5.74) is 1.30. The van der Waals surface area contributed by atoms with Gasteiger partial charge in [0.25, 0.3) is 0 Å². The highest BCUT2D eigenvalue weighted by atomic mass is 32.2. The van der Waals surface area contributed by atoms with Crippen molar-refractivity contribution in [2.45, 2.75) is 6.04 Å². The fourth-order valence-electron chi connectivity index (χ4n) is 1.51. The van der Waals surface area contributed by atoms with Crippen LogP contribution in [-0.4, -0.2) is 17.5 Å². The van der Waals surface area contributed by atoms with Gasteiger partial charge in [-0.1, -0.05) is 48.2 Å². The molecule has 15 heavy (non-hydrogen) atoms. The number of aliphatic imine (C=N–C) groups is 1. The molecule has 0 spiro atoms. The van der Waals surface area contributed by atoms with E-state index < -0.39 is 0 Å². The Kier molecular flexibility index (Phi) is 3.45. The summed E-state index contributed by atoms with van der Waals surface area (Å²) in [4.78, 5) is 4.45. The van der Waals surface area contributed by atoms with E-state index in [1.807, 2.05) is 12.1 Å². The van der Waals surface area contributed by atoms with Crippen LogP contribution in [0.3, 0.4) is 0 Å². The second-order valence-electron chi connectivity index (χ2n) is 3.35. The van der Waals surface area contributed by atoms with Gasteiger partial charge >= 0.3 is 0 Å². The predicted octanol–water partition coefficient (Wildman–Crippen LogP) is 2.61. The Labute approximate surface area is 94.5 Å². The molecule has 0 fully saturated rings. The van der Waals surface area contributed by atoms with Gasteiger partial charge in [-0.3, -0.25) is 4.99 Å². The average molecular weight is 218 g/mol. The second kappa shape index (κ2) is 5.03. The molecule has 1 N–H and O–H groups in total. The zero-order chi connectivity index (χ0) is 10.5. The van der Waals surface area contributed by atoms with Crippen molar-refractivity contribution in [3.8, 4) is 0 Å². The first-order chi connectivity index (χ1) is 7.40. The molecule has 0 amide bonds. The van der Waals surface area contributed by atoms with Gasteiger partial charge in [0.15, 0.2) is 5.17 Å². The minimum atomic E-state index is 0.346. The smallest absolute Gasteiger partial charge is 0.157 e. The van der Waals surface area contributed by atoms with Gasteiger partial charge in [0.05, 0.1) is 12.6 Å². The van der Waals surface area contributed by atoms with E-state index in [0.717, 1.165) is 17.5 Å². The van der Waals surface area contributed by atoms with E-state index in [0.29, 0.717) is 6.04 Å². The molecule has 2 rings (SSSR count). The molecule has 0 radical (unpaired) electrons. The Bertz CT molecular complexity index is 359. The molecule has 0 aliphatic carbocycles. The van der Waals surface area contributed by atoms with Crippen molar-refractivity contribution in [3.63, 3.8) is 0 Å². The number of nitrogens with one attached hydrogen (secondary N) is 1. The van der Waals surface area contributed by atoms with E-state index in [-0.39, 0.29) is 0 Å². The molecule has 1 unspecified atom stereocenters. The van der Waals surface area contributed by atoms with Crippen LogP contribution in [-0.2, 0) is 0 Å². The molecule has 2 nitrogen and oxygen atoms in total. The van der Waals surface area contributed by atoms with Gasteiger partial charge in [-0.2, -0.15) is 0 Å². The van der Waals surface area contributed by atoms with Gasteiger partial charge in [-0.05, 0) is 5.56 Å². The summed E-state index contributed by atoms with van der Waals surface area (Å²) >= 11 is 1.70. The first-order valence-electron chi connectivity index (χ1n) is 5.00. The highest BCUT2D eigenvalue weighted by Crippen LogP contribution is 2.20. The first kappa shape index (κ1) is 10.3. The summed E-state index contributed by atoms with van der Waals surface area (Å²) in [5.74, 6) is 0.910. The highest BCUT2D eigenvalue weighted by Gasteiger charge is 2.18. The van der Waals surface area contributed by atoms with Crippen molar-refractivity contribution < 1.29 is 0 Å². The molecule has 0 bridgehead atoms. The number of nitrogens with zero attached hydrogens (tertiary/aromatic N) is 1. The van der Waals surface area contributed by atoms with Gasteiger partial charge in [-0.25, -0.2) is 0 Å². The number of benzene rings is 1. The molecule has 0 aromatic heterocycles. The monoisotopic (exact) mass is 218 g/mol. The molecular formula is C12H14N2S. The molecule has 78 valence electrons. The molecule has 1 aromatic rings. The highest BCUT2D eigenvalue weighted by molar-refractivity contribution is 8.13. The Balaban J connectivity index is 1.93. The Morgan fingerprint density at radius 3 is 3.00 bits per heavy atom. The molecule has 1 heterocycles. The fourth-order valence-corrected chi connectivity index (χ4v) is 2.18. The summed E-state index contributed by atoms with van der Waals surface area (Å²) < 4.78 is 0. The largest absolute Gasteiger partial charge is 0.356 e. The standard InChI is InChI=1S/C12H14N2S/c1-2-8-15-12-13-9-11(14-12)10-6-4-3-5-7-10/h2-7,11H,1,8-9H2,(H,13,14). The van der Waals surface area contributed by atoms with Crippen molar-refractivity contribution in [3.05, 3.63) is 48.6 Å². The lowest BCUT2D eigenvalue weighted by Gasteiger charge is -2.11. The maximum Gasteiger partial charge on any atom is 0.157 e. The van der Waals surface area contributed by atoms with Crippen LogP contribution in [0.1, 0.15) is 11.6 Å². The van der Waals surface area contributed by atoms with E-state index in [2.05, 4.69) is 41.2 Å². The zero-order valence-corrected chi connectivity index (χ0v) is 9.33. The van der Waals surface area contributed by atoms with Crippen molar-refractivity contribution in [2.24, 2.45) is 4.99 Å². The first-order valence-corrected chi connectivity index (χ1v) is 5.98. The van der Waals surface area contributed by atoms with Crippen LogP contribution in [0.15, 0.2) is 48.0 Å². The van der Waals surface area contributed by atoms with Crippen LogP contribution < -0.4 is 5.32 Å². The van der Waals surface area contributed by atoms with Crippen molar-refractivity contribution in [1.29, 1.82) is 0 Å². The van der Waals surface area contributed by atoms with Gasteiger partial charge in [0.2, 0.25) is 0 Å². The maximum atomic E-state index is 4.45. The van der Waals surface area contributed by atoms with Crippen molar-refractivity contribution in [1.82, 2.24) is 5.32 Å². The molecule has 3 heteroatoms. The van der Waals surface area contributed by atoms with Crippen LogP contribution in [0, 0.1) is 0 Å². The van der Waals surface area contributed by atoms with E-state index in [1.54, 1.807) is 11.8 Å². The van der Waals surface area contributed by atoms with Gasteiger partial charge in [-0.15, -0.1) is 6.58 Å². The minimum Gasteiger partial charge on any atom is -0.356 e. The average Bonchev–Trinajstić information content (AvgIpc) is 2.76. The Morgan fingerprint density at radius 1 is 1.47 bits per heavy atom. The number of thioether (sulfide) groups is 1. The number of hydrogen-bond acceptors (Lipinski definition) is 3. The quantitative estimate of drug-likeness (QED) is 0.789. The summed E-state index contributed by atoms with van der Waals surface area (Å²) in [6.07, 6.45) is 1.89. The normalized spacial score (nSPS) is 19.5. The molecule has 1 aromatic carbocycles. The maximum absolute atomic E-state index is 4.45. The van der Waals surface area contributed by atoms with E-state index in [1.165, 1.54) is 5.56 Å². The predicted molar refractivity (Wildman–Crippen MR) is 67.3 cm³/mol. The Morgan fingerprint density at radius 2 is 2.27 bits per heavy atom. The minimum absolute atomic E-state index is 0.346. The molecule has 1 atom stereocenters. The van der Waals surface area contributed by atoms with Crippen molar-refractivity contribution >= 4 is 16.9 Å². The molecule has 1 aliphatic heterocycles. The zero-order valence-electron chi connectivity index (χ0n) is 8.52. The number of hydrogen-bond donors (Lipinski definition) is 1. The number of rotatable bonds is 3. The molecule has 1 aliphatic rings. The van der Waals surface area contributed by atoms with E-state index in [9.17, 15) is 0 Å². The van der Waals surface area contributed by atoms with Gasteiger partial charge < -0.3 is 5.32 Å². The lowest BCUT2D eigenvalue weighted by Crippen LogP contribution is -2.21. The third-order valence-corrected chi connectivity index (χ3v) is 3.18. The summed E-state index contributed by atoms with van der Waals surface area (Å²) in [7, 11) is 0. The summed E-state index contributed by atoms with van der Waals surface area (Å²) in [6, 6.07) is 10.8. The fraction of sp³-hybridized carbons (Fsp3) is 0.250. The summed E-state index contributed by atoms with van der Waals surface area (Å²) in [5, 5.41) is 4.44. The second-order valence-corrected chi connectivity index (χ2v) is 4.36. The topological polar surface area (TPSA) is 24.4 Å². The van der Waals surface area contributed by atoms with Gasteiger partial charge in [0, 0.05) is 5.75 Å². The third kappa shape index (κ3) is 2.63. The lowest BCUT2D eigenvalue weighted by atomic mass is 10.1. The molecule has 0 saturated heterocycles. The third-order valence-electron chi connectivity index (χ3n) is 2.26. The van der Waals surface area contributed by atoms with Crippen LogP contribution in [0.25, 0.3) is 0 Å². The van der Waals surface area contributed by atoms with Crippen LogP contribution >= 0.6 is 11.8 Å². The molecule has 0 saturated carbocycles.